The van der Waals surface area contributed by atoms with Gasteiger partial charge in [0.05, 0.1) is 27.7 Å². The van der Waals surface area contributed by atoms with Crippen molar-refractivity contribution in [1.82, 2.24) is 0 Å². The van der Waals surface area contributed by atoms with Gasteiger partial charge in [-0.3, -0.25) is 0 Å². The van der Waals surface area contributed by atoms with Crippen LogP contribution < -0.4 is 5.02 Å². The maximum Gasteiger partial charge on any atom is 0.344 e. The third-order valence-electron chi connectivity index (χ3n) is 4.59. The first-order valence-corrected chi connectivity index (χ1v) is 9.89. The zero-order valence-corrected chi connectivity index (χ0v) is 17.8. The van der Waals surface area contributed by atoms with Crippen LogP contribution in [0.15, 0.2) is 91.0 Å². The highest BCUT2D eigenvalue weighted by atomic mass is 16.6. The van der Waals surface area contributed by atoms with E-state index in [-0.39, 0.29) is 6.61 Å². The first-order chi connectivity index (χ1) is 14.3. The van der Waals surface area contributed by atoms with Gasteiger partial charge in [0.2, 0.25) is 0 Å². The second kappa shape index (κ2) is 11.1. The fourth-order valence-electron chi connectivity index (χ4n) is 3.17. The molecule has 2 N–H and O–H groups in total. The largest absolute Gasteiger partial charge is 0.832 e. The van der Waals surface area contributed by atoms with Gasteiger partial charge in [-0.25, -0.2) is 0 Å². The molecule has 30 heavy (non-hydrogen) atoms. The summed E-state index contributed by atoms with van der Waals surface area (Å²) in [5.41, 5.74) is 1.19. The summed E-state index contributed by atoms with van der Waals surface area (Å²) in [6.45, 7) is 1.11. The normalized spacial score (nSPS) is 11.4. The van der Waals surface area contributed by atoms with E-state index in [0.717, 1.165) is 27.7 Å². The third kappa shape index (κ3) is 6.52. The molecule has 158 valence electrons. The lowest BCUT2D eigenvalue weighted by molar-refractivity contribution is -0.870. The molecule has 0 saturated carbocycles. The van der Waals surface area contributed by atoms with Gasteiger partial charge in [-0.1, -0.05) is 91.0 Å². The van der Waals surface area contributed by atoms with Crippen molar-refractivity contribution in [2.45, 2.75) is 5.60 Å². The van der Waals surface area contributed by atoms with Crippen LogP contribution in [0, 0.1) is 0 Å². The topological polar surface area (TPSA) is 72.8 Å². The van der Waals surface area contributed by atoms with Crippen molar-refractivity contribution in [1.29, 1.82) is 0 Å². The Morgan fingerprint density at radius 3 is 1.30 bits per heavy atom. The van der Waals surface area contributed by atoms with Crippen LogP contribution in [-0.2, 0) is 10.3 Å². The van der Waals surface area contributed by atoms with E-state index in [0.29, 0.717) is 0 Å². The van der Waals surface area contributed by atoms with E-state index in [1.165, 1.54) is 0 Å². The van der Waals surface area contributed by atoms with E-state index >= 15 is 0 Å². The molecule has 0 aromatic heterocycles. The van der Waals surface area contributed by atoms with Crippen molar-refractivity contribution < 1.29 is 24.3 Å². The highest BCUT2D eigenvalue weighted by molar-refractivity contribution is 6.30. The van der Waals surface area contributed by atoms with Crippen LogP contribution in [0.1, 0.15) is 16.7 Å². The van der Waals surface area contributed by atoms with Gasteiger partial charge in [0.1, 0.15) is 12.1 Å². The summed E-state index contributed by atoms with van der Waals surface area (Å²) in [4.78, 5) is 0. The Morgan fingerprint density at radius 1 is 0.767 bits per heavy atom. The average Bonchev–Trinajstić information content (AvgIpc) is 2.73. The van der Waals surface area contributed by atoms with Crippen LogP contribution in [0.25, 0.3) is 0 Å². The van der Waals surface area contributed by atoms with Gasteiger partial charge in [0.25, 0.3) is 0 Å². The van der Waals surface area contributed by atoms with Gasteiger partial charge >= 0.3 is 7.32 Å². The maximum atomic E-state index is 11.6. The smallest absolute Gasteiger partial charge is 0.344 e. The van der Waals surface area contributed by atoms with Gasteiger partial charge in [-0.2, -0.15) is 0 Å². The Hall–Kier alpha value is -2.48. The highest BCUT2D eigenvalue weighted by Crippen LogP contribution is 2.40. The molecular formula is C24H30BNO4. The molecule has 0 unspecified atom stereocenters. The maximum absolute atomic E-state index is 11.6. The van der Waals surface area contributed by atoms with Crippen molar-refractivity contribution in [3.05, 3.63) is 108 Å². The van der Waals surface area contributed by atoms with Gasteiger partial charge in [0.15, 0.2) is 0 Å². The Balaban J connectivity index is 0.000000396. The molecule has 0 bridgehead atoms. The van der Waals surface area contributed by atoms with E-state index in [1.807, 2.05) is 91.0 Å². The van der Waals surface area contributed by atoms with Crippen molar-refractivity contribution >= 4 is 7.32 Å². The van der Waals surface area contributed by atoms with Crippen LogP contribution in [0.3, 0.4) is 0 Å². The van der Waals surface area contributed by atoms with Crippen LogP contribution in [0.5, 0.6) is 0 Å². The van der Waals surface area contributed by atoms with Crippen LogP contribution >= 0.6 is 0 Å². The molecule has 6 heteroatoms. The van der Waals surface area contributed by atoms with Crippen molar-refractivity contribution in [2.75, 3.05) is 34.3 Å². The van der Waals surface area contributed by atoms with Crippen LogP contribution in [0.4, 0.5) is 0 Å². The van der Waals surface area contributed by atoms with Crippen molar-refractivity contribution in [2.24, 2.45) is 0 Å². The Kier molecular flexibility index (Phi) is 8.78. The predicted molar refractivity (Wildman–Crippen MR) is 118 cm³/mol. The molecule has 0 aliphatic heterocycles. The molecule has 3 aromatic carbocycles. The Morgan fingerprint density at radius 2 is 1.10 bits per heavy atom. The molecule has 0 saturated heterocycles. The van der Waals surface area contributed by atoms with Gasteiger partial charge < -0.3 is 24.3 Å². The average molecular weight is 407 g/mol. The second-order valence-electron chi connectivity index (χ2n) is 7.94. The van der Waals surface area contributed by atoms with Crippen LogP contribution in [0.2, 0.25) is 0 Å². The number of benzene rings is 3. The minimum atomic E-state index is -2.16. The minimum Gasteiger partial charge on any atom is -0.832 e. The standard InChI is InChI=1S/C19H16BO3.C5H14NO/c21-20(22)23-19(16-10-4-1-5-11-16,17-12-6-2-7-13-17)18-14-8-3-9-15-18;1-6(2,3)4-5-7/h1-15,21H;7H,4-5H2,1-3H3/q-1;+1. The molecule has 0 amide bonds. The fourth-order valence-corrected chi connectivity index (χ4v) is 3.17. The van der Waals surface area contributed by atoms with Crippen molar-refractivity contribution in [3.8, 4) is 0 Å². The Labute approximate surface area is 179 Å². The highest BCUT2D eigenvalue weighted by Gasteiger charge is 2.37. The van der Waals surface area contributed by atoms with E-state index in [2.05, 4.69) is 21.1 Å². The monoisotopic (exact) mass is 407 g/mol. The fraction of sp³-hybridized carbons (Fsp3) is 0.250. The number of likely N-dealkylation sites (N-methyl/N-ethyl adjacent to an activating group) is 1. The number of rotatable bonds is 7. The summed E-state index contributed by atoms with van der Waals surface area (Å²) in [5.74, 6) is 0. The lowest BCUT2D eigenvalue weighted by Crippen LogP contribution is -2.45. The quantitative estimate of drug-likeness (QED) is 0.357. The summed E-state index contributed by atoms with van der Waals surface area (Å²) >= 11 is 0. The molecule has 3 rings (SSSR count). The van der Waals surface area contributed by atoms with E-state index in [4.69, 9.17) is 9.76 Å². The third-order valence-corrected chi connectivity index (χ3v) is 4.59. The van der Waals surface area contributed by atoms with Gasteiger partial charge in [-0.05, 0) is 16.7 Å². The molecular weight excluding hydrogens is 377 g/mol. The number of hydrogen-bond donors (Lipinski definition) is 2. The number of aliphatic hydroxyl groups excluding tert-OH is 1. The Bertz CT molecular complexity index is 756. The van der Waals surface area contributed by atoms with E-state index in [1.54, 1.807) is 0 Å². The lowest BCUT2D eigenvalue weighted by Gasteiger charge is -2.38. The van der Waals surface area contributed by atoms with Crippen molar-refractivity contribution in [3.63, 3.8) is 0 Å². The summed E-state index contributed by atoms with van der Waals surface area (Å²) < 4.78 is 6.44. The molecule has 3 aromatic rings. The molecule has 0 aliphatic carbocycles. The molecule has 0 spiro atoms. The number of hydrogen-bond acceptors (Lipinski definition) is 4. The zero-order valence-electron chi connectivity index (χ0n) is 17.8. The SMILES string of the molecule is C[N+](C)(C)CCO.[O-]B(O)OC(c1ccccc1)(c1ccccc1)c1ccccc1. The first kappa shape index (κ1) is 23.8. The molecule has 5 nitrogen and oxygen atoms in total. The van der Waals surface area contributed by atoms with Gasteiger partial charge in [0, 0.05) is 0 Å². The predicted octanol–water partition coefficient (Wildman–Crippen LogP) is 2.02. The summed E-state index contributed by atoms with van der Waals surface area (Å²) in [6.07, 6.45) is 0. The molecule has 0 aliphatic rings. The molecule has 0 atom stereocenters. The minimum absolute atomic E-state index is 0.281. The first-order valence-electron chi connectivity index (χ1n) is 9.89. The number of nitrogens with zero attached hydrogens (tertiary/aromatic N) is 1. The van der Waals surface area contributed by atoms with Gasteiger partial charge in [-0.15, -0.1) is 0 Å². The lowest BCUT2D eigenvalue weighted by atomic mass is 9.79. The summed E-state index contributed by atoms with van der Waals surface area (Å²) in [7, 11) is 4.00. The number of aliphatic hydroxyl groups is 1. The molecule has 0 heterocycles. The van der Waals surface area contributed by atoms with E-state index < -0.39 is 12.9 Å². The number of quaternary nitrogens is 1. The summed E-state index contributed by atoms with van der Waals surface area (Å²) in [5, 5.41) is 29.5. The zero-order chi connectivity index (χ0) is 22.0. The molecule has 0 fully saturated rings. The van der Waals surface area contributed by atoms with Crippen LogP contribution in [-0.4, -0.2) is 56.2 Å². The molecule has 0 radical (unpaired) electrons. The second-order valence-corrected chi connectivity index (χ2v) is 7.94. The van der Waals surface area contributed by atoms with E-state index in [9.17, 15) is 10.0 Å². The summed E-state index contributed by atoms with van der Waals surface area (Å²) in [6, 6.07) is 28.4.